The van der Waals surface area contributed by atoms with Crippen LogP contribution in [0.15, 0.2) is 48.8 Å². The first-order valence-corrected chi connectivity index (χ1v) is 9.56. The first-order valence-electron chi connectivity index (χ1n) is 9.56. The Bertz CT molecular complexity index is 1000. The van der Waals surface area contributed by atoms with Crippen molar-refractivity contribution in [1.82, 2.24) is 20.0 Å². The normalized spacial score (nSPS) is 18.4. The molecule has 7 heteroatoms. The van der Waals surface area contributed by atoms with E-state index < -0.39 is 0 Å². The maximum absolute atomic E-state index is 13.1. The number of methoxy groups -OCH3 is 1. The van der Waals surface area contributed by atoms with Crippen molar-refractivity contribution in [2.45, 2.75) is 12.5 Å². The molecule has 1 aliphatic rings. The van der Waals surface area contributed by atoms with Crippen LogP contribution in [-0.4, -0.2) is 47.8 Å². The van der Waals surface area contributed by atoms with Crippen molar-refractivity contribution in [1.29, 1.82) is 0 Å². The molecule has 0 spiro atoms. The van der Waals surface area contributed by atoms with E-state index in [0.717, 1.165) is 34.2 Å². The van der Waals surface area contributed by atoms with Crippen LogP contribution in [0.1, 0.15) is 17.0 Å². The molecule has 3 aromatic rings. The molecule has 2 aromatic carbocycles. The zero-order valence-corrected chi connectivity index (χ0v) is 17.8. The number of aromatic nitrogens is 2. The number of benzene rings is 2. The largest absolute Gasteiger partial charge is 0.497 e. The van der Waals surface area contributed by atoms with Crippen LogP contribution in [0.25, 0.3) is 10.8 Å². The molecule has 4 rings (SSSR count). The SMILES string of the molecule is COc1ccc2cc(CN(C)C(=O)[C@H]3CNC[C@@H]3c3cnn(C)c3)ccc2c1.Cl. The van der Waals surface area contributed by atoms with Crippen molar-refractivity contribution in [3.05, 3.63) is 59.9 Å². The van der Waals surface area contributed by atoms with Crippen molar-refractivity contribution in [2.75, 3.05) is 27.2 Å². The predicted octanol–water partition coefficient (Wildman–Crippen LogP) is 2.97. The third kappa shape index (κ3) is 4.38. The van der Waals surface area contributed by atoms with Gasteiger partial charge in [0, 0.05) is 45.8 Å². The Hall–Kier alpha value is -2.57. The molecule has 1 aliphatic heterocycles. The van der Waals surface area contributed by atoms with Crippen molar-refractivity contribution in [3.63, 3.8) is 0 Å². The fourth-order valence-electron chi connectivity index (χ4n) is 4.05. The van der Waals surface area contributed by atoms with Gasteiger partial charge in [0.1, 0.15) is 5.75 Å². The molecule has 0 unspecified atom stereocenters. The number of fused-ring (bicyclic) bond motifs is 1. The van der Waals surface area contributed by atoms with E-state index >= 15 is 0 Å². The summed E-state index contributed by atoms with van der Waals surface area (Å²) in [5.41, 5.74) is 2.25. The fraction of sp³-hybridized carbons (Fsp3) is 0.364. The van der Waals surface area contributed by atoms with Gasteiger partial charge in [-0.05, 0) is 40.1 Å². The third-order valence-electron chi connectivity index (χ3n) is 5.59. The van der Waals surface area contributed by atoms with Gasteiger partial charge in [0.15, 0.2) is 0 Å². The molecule has 0 bridgehead atoms. The zero-order valence-electron chi connectivity index (χ0n) is 17.0. The number of halogens is 1. The van der Waals surface area contributed by atoms with Gasteiger partial charge < -0.3 is 15.0 Å². The quantitative estimate of drug-likeness (QED) is 0.697. The number of nitrogens with zero attached hydrogens (tertiary/aromatic N) is 3. The molecule has 0 saturated carbocycles. The summed E-state index contributed by atoms with van der Waals surface area (Å²) in [7, 11) is 5.47. The van der Waals surface area contributed by atoms with Gasteiger partial charge in [0.2, 0.25) is 5.91 Å². The van der Waals surface area contributed by atoms with Gasteiger partial charge in [-0.15, -0.1) is 12.4 Å². The molecule has 6 nitrogen and oxygen atoms in total. The second-order valence-corrected chi connectivity index (χ2v) is 7.56. The van der Waals surface area contributed by atoms with E-state index in [2.05, 4.69) is 34.7 Å². The number of carbonyl (C=O) groups is 1. The van der Waals surface area contributed by atoms with Crippen molar-refractivity contribution >= 4 is 29.1 Å². The lowest BCUT2D eigenvalue weighted by Gasteiger charge is -2.24. The Morgan fingerprint density at radius 3 is 2.72 bits per heavy atom. The van der Waals surface area contributed by atoms with E-state index in [1.54, 1.807) is 11.8 Å². The Morgan fingerprint density at radius 1 is 1.24 bits per heavy atom. The molecule has 1 fully saturated rings. The van der Waals surface area contributed by atoms with Crippen LogP contribution in [0.5, 0.6) is 5.75 Å². The van der Waals surface area contributed by atoms with Crippen molar-refractivity contribution in [3.8, 4) is 5.75 Å². The number of amides is 1. The molecule has 2 atom stereocenters. The third-order valence-corrected chi connectivity index (χ3v) is 5.59. The maximum Gasteiger partial charge on any atom is 0.227 e. The van der Waals surface area contributed by atoms with Gasteiger partial charge >= 0.3 is 0 Å². The number of nitrogens with one attached hydrogen (secondary N) is 1. The average Bonchev–Trinajstić information content (AvgIpc) is 3.35. The lowest BCUT2D eigenvalue weighted by Crippen LogP contribution is -2.35. The van der Waals surface area contributed by atoms with Crippen molar-refractivity contribution in [2.24, 2.45) is 13.0 Å². The lowest BCUT2D eigenvalue weighted by molar-refractivity contribution is -0.134. The molecule has 1 N–H and O–H groups in total. The van der Waals surface area contributed by atoms with Gasteiger partial charge in [0.05, 0.1) is 19.2 Å². The van der Waals surface area contributed by atoms with Crippen molar-refractivity contribution < 1.29 is 9.53 Å². The van der Waals surface area contributed by atoms with Crippen LogP contribution in [0.3, 0.4) is 0 Å². The number of hydrogen-bond acceptors (Lipinski definition) is 4. The highest BCUT2D eigenvalue weighted by Crippen LogP contribution is 2.29. The smallest absolute Gasteiger partial charge is 0.227 e. The number of hydrogen-bond donors (Lipinski definition) is 1. The van der Waals surface area contributed by atoms with E-state index in [4.69, 9.17) is 4.74 Å². The summed E-state index contributed by atoms with van der Waals surface area (Å²) < 4.78 is 7.08. The lowest BCUT2D eigenvalue weighted by atomic mass is 9.90. The van der Waals surface area contributed by atoms with E-state index in [1.807, 2.05) is 43.5 Å². The van der Waals surface area contributed by atoms with Crippen LogP contribution >= 0.6 is 12.4 Å². The second kappa shape index (κ2) is 8.84. The minimum atomic E-state index is -0.0566. The average molecular weight is 415 g/mol. The second-order valence-electron chi connectivity index (χ2n) is 7.56. The molecule has 1 aromatic heterocycles. The van der Waals surface area contributed by atoms with E-state index in [0.29, 0.717) is 13.1 Å². The molecule has 0 aliphatic carbocycles. The number of aryl methyl sites for hydroxylation is 1. The van der Waals surface area contributed by atoms with Gasteiger partial charge in [-0.2, -0.15) is 5.10 Å². The van der Waals surface area contributed by atoms with Crippen LogP contribution < -0.4 is 10.1 Å². The maximum atomic E-state index is 13.1. The number of rotatable bonds is 5. The standard InChI is InChI=1S/C22H26N4O2.ClH/c1-25(13-15-4-5-17-9-19(28-3)7-6-16(17)8-15)22(27)21-12-23-11-20(21)18-10-24-26(2)14-18;/h4-10,14,20-21,23H,11-13H2,1-3H3;1H/t20-,21+;/m1./s1. The highest BCUT2D eigenvalue weighted by atomic mass is 35.5. The minimum absolute atomic E-state index is 0. The molecule has 1 saturated heterocycles. The van der Waals surface area contributed by atoms with Gasteiger partial charge in [-0.1, -0.05) is 18.2 Å². The van der Waals surface area contributed by atoms with E-state index in [1.165, 1.54) is 0 Å². The topological polar surface area (TPSA) is 59.4 Å². The summed E-state index contributed by atoms with van der Waals surface area (Å²) >= 11 is 0. The van der Waals surface area contributed by atoms with Gasteiger partial charge in [0.25, 0.3) is 0 Å². The summed E-state index contributed by atoms with van der Waals surface area (Å²) in [4.78, 5) is 15.0. The minimum Gasteiger partial charge on any atom is -0.497 e. The predicted molar refractivity (Wildman–Crippen MR) is 117 cm³/mol. The van der Waals surface area contributed by atoms with Gasteiger partial charge in [-0.25, -0.2) is 0 Å². The zero-order chi connectivity index (χ0) is 19.7. The Morgan fingerprint density at radius 2 is 2.00 bits per heavy atom. The first kappa shape index (κ1) is 21.1. The summed E-state index contributed by atoms with van der Waals surface area (Å²) in [6, 6.07) is 12.3. The summed E-state index contributed by atoms with van der Waals surface area (Å²) in [6.45, 7) is 2.12. The summed E-state index contributed by atoms with van der Waals surface area (Å²) in [6.07, 6.45) is 3.88. The highest BCUT2D eigenvalue weighted by Gasteiger charge is 2.36. The molecule has 1 amide bonds. The summed E-state index contributed by atoms with van der Waals surface area (Å²) in [5, 5.41) is 9.91. The monoisotopic (exact) mass is 414 g/mol. The van der Waals surface area contributed by atoms with Crippen LogP contribution in [0.4, 0.5) is 0 Å². The Labute approximate surface area is 177 Å². The molecule has 29 heavy (non-hydrogen) atoms. The molecular weight excluding hydrogens is 388 g/mol. The van der Waals surface area contributed by atoms with Crippen LogP contribution in [-0.2, 0) is 18.4 Å². The highest BCUT2D eigenvalue weighted by molar-refractivity contribution is 5.85. The summed E-state index contributed by atoms with van der Waals surface area (Å²) in [5.74, 6) is 1.14. The van der Waals surface area contributed by atoms with E-state index in [-0.39, 0.29) is 30.2 Å². The molecule has 0 radical (unpaired) electrons. The Balaban J connectivity index is 0.00000240. The van der Waals surface area contributed by atoms with Gasteiger partial charge in [-0.3, -0.25) is 9.48 Å². The van der Waals surface area contributed by atoms with Crippen LogP contribution in [0, 0.1) is 5.92 Å². The van der Waals surface area contributed by atoms with E-state index in [9.17, 15) is 4.79 Å². The number of ether oxygens (including phenoxy) is 1. The molecule has 2 heterocycles. The van der Waals surface area contributed by atoms with Crippen LogP contribution in [0.2, 0.25) is 0 Å². The molecule has 154 valence electrons. The number of carbonyl (C=O) groups excluding carboxylic acids is 1. The first-order chi connectivity index (χ1) is 13.5. The fourth-order valence-corrected chi connectivity index (χ4v) is 4.05. The molecular formula is C22H27ClN4O2. The Kier molecular flexibility index (Phi) is 6.45.